The fraction of sp³-hybridized carbons (Fsp3) is 0.510. The first-order valence-electron chi connectivity index (χ1n) is 23.0. The number of pyridine rings is 1. The molecule has 346 valence electrons. The Balaban J connectivity index is 1.32. The highest BCUT2D eigenvalue weighted by Crippen LogP contribution is 2.42. The average Bonchev–Trinajstić information content (AvgIpc) is 3.88. The highest BCUT2D eigenvalue weighted by Gasteiger charge is 2.40. The van der Waals surface area contributed by atoms with Gasteiger partial charge in [0.2, 0.25) is 11.8 Å². The molecule has 0 unspecified atom stereocenters. The number of cyclic esters (lactones) is 1. The molecule has 5 heterocycles. The van der Waals surface area contributed by atoms with E-state index < -0.39 is 41.3 Å². The number of esters is 1. The summed E-state index contributed by atoms with van der Waals surface area (Å²) in [5.41, 5.74) is 9.66. The Morgan fingerprint density at radius 3 is 2.62 bits per heavy atom. The van der Waals surface area contributed by atoms with Crippen LogP contribution in [-0.4, -0.2) is 118 Å². The predicted octanol–water partition coefficient (Wildman–Crippen LogP) is 5.89. The molecular formula is C51H65N7O7. The topological polar surface area (TPSA) is 159 Å². The number of aromatic nitrogens is 2. The van der Waals surface area contributed by atoms with Crippen molar-refractivity contribution in [1.29, 1.82) is 0 Å². The highest BCUT2D eigenvalue weighted by molar-refractivity contribution is 5.96. The Morgan fingerprint density at radius 1 is 1.11 bits per heavy atom. The van der Waals surface area contributed by atoms with Gasteiger partial charge in [0.25, 0.3) is 5.91 Å². The van der Waals surface area contributed by atoms with E-state index in [9.17, 15) is 24.3 Å². The van der Waals surface area contributed by atoms with Gasteiger partial charge in [0.15, 0.2) is 0 Å². The van der Waals surface area contributed by atoms with Crippen LogP contribution in [0.15, 0.2) is 54.7 Å². The van der Waals surface area contributed by atoms with E-state index >= 15 is 0 Å². The lowest BCUT2D eigenvalue weighted by Gasteiger charge is -2.37. The molecule has 2 aromatic carbocycles. The van der Waals surface area contributed by atoms with Crippen LogP contribution in [0.5, 0.6) is 5.75 Å². The number of likely N-dealkylation sites (tertiary alicyclic amines) is 1. The summed E-state index contributed by atoms with van der Waals surface area (Å²) in [6.45, 7) is 14.8. The molecule has 0 spiro atoms. The number of ether oxygens (including phenoxy) is 2. The molecule has 2 aromatic heterocycles. The van der Waals surface area contributed by atoms with E-state index in [0.29, 0.717) is 64.0 Å². The molecule has 3 aliphatic heterocycles. The number of amides is 3. The van der Waals surface area contributed by atoms with Crippen molar-refractivity contribution in [3.8, 4) is 40.5 Å². The highest BCUT2D eigenvalue weighted by atomic mass is 16.5. The van der Waals surface area contributed by atoms with Gasteiger partial charge in [-0.15, -0.1) is 6.42 Å². The summed E-state index contributed by atoms with van der Waals surface area (Å²) in [7, 11) is 3.32. The number of phenolic OH excluding ortho intramolecular Hbond substituents is 1. The Kier molecular flexibility index (Phi) is 14.4. The number of hydrogen-bond acceptors (Lipinski definition) is 10. The van der Waals surface area contributed by atoms with Gasteiger partial charge in [-0.25, -0.2) is 5.43 Å². The molecule has 0 saturated carbocycles. The van der Waals surface area contributed by atoms with E-state index in [1.807, 2.05) is 39.0 Å². The zero-order valence-electron chi connectivity index (χ0n) is 39.1. The summed E-state index contributed by atoms with van der Waals surface area (Å²) in [5.74, 6) is 0.515. The van der Waals surface area contributed by atoms with Crippen LogP contribution in [0.4, 0.5) is 0 Å². The first-order valence-corrected chi connectivity index (χ1v) is 23.0. The van der Waals surface area contributed by atoms with Gasteiger partial charge in [-0.2, -0.15) is 0 Å². The van der Waals surface area contributed by atoms with Crippen molar-refractivity contribution < 1.29 is 33.8 Å². The normalized spacial score (nSPS) is 21.4. The van der Waals surface area contributed by atoms with Crippen molar-refractivity contribution in [1.82, 2.24) is 35.1 Å². The molecule has 3 amide bonds. The molecule has 14 heteroatoms. The maximum Gasteiger partial charge on any atom is 0.324 e. The Bertz CT molecular complexity index is 2470. The van der Waals surface area contributed by atoms with Gasteiger partial charge in [-0.1, -0.05) is 45.7 Å². The predicted molar refractivity (Wildman–Crippen MR) is 250 cm³/mol. The molecule has 2 saturated heterocycles. The van der Waals surface area contributed by atoms with Crippen molar-refractivity contribution in [2.24, 2.45) is 17.3 Å². The molecule has 14 nitrogen and oxygen atoms in total. The number of aromatic hydroxyl groups is 1. The van der Waals surface area contributed by atoms with Gasteiger partial charge in [0.1, 0.15) is 23.9 Å². The molecule has 3 N–H and O–H groups in total. The van der Waals surface area contributed by atoms with E-state index in [-0.39, 0.29) is 42.6 Å². The molecule has 0 radical (unpaired) electrons. The number of rotatable bonds is 10. The number of hydrazine groups is 1. The van der Waals surface area contributed by atoms with Crippen molar-refractivity contribution in [2.45, 2.75) is 104 Å². The van der Waals surface area contributed by atoms with Gasteiger partial charge in [0, 0.05) is 68.3 Å². The summed E-state index contributed by atoms with van der Waals surface area (Å²) < 4.78 is 14.2. The molecule has 2 fully saturated rings. The lowest BCUT2D eigenvalue weighted by atomic mass is 9.84. The number of benzene rings is 2. The van der Waals surface area contributed by atoms with Gasteiger partial charge in [-0.3, -0.25) is 34.1 Å². The van der Waals surface area contributed by atoms with Crippen molar-refractivity contribution in [3.63, 3.8) is 0 Å². The third kappa shape index (κ3) is 10.1. The maximum absolute atomic E-state index is 14.7. The third-order valence-electron chi connectivity index (χ3n) is 13.3. The lowest BCUT2D eigenvalue weighted by molar-refractivity contribution is -0.155. The number of terminal acetylenes is 1. The first-order chi connectivity index (χ1) is 31.0. The molecule has 6 bridgehead atoms. The van der Waals surface area contributed by atoms with E-state index in [1.54, 1.807) is 32.5 Å². The SMILES string of the molecule is C#CCN1CC[C@H](C(=O)N(C)[C@H](C(=O)N[C@H]2Cc3cc(O)cc(c3)-c3ccc4c(c3)c(c(-c3cccnc3[C@H](C)OC)n4CC)CC(C)(C)COC(=O)[C@@H]3CCCN(N3)C2=O)C(C)C)C1. The van der Waals surface area contributed by atoms with Gasteiger partial charge in [0.05, 0.1) is 36.6 Å². The largest absolute Gasteiger partial charge is 0.508 e. The van der Waals surface area contributed by atoms with Gasteiger partial charge >= 0.3 is 5.97 Å². The smallest absolute Gasteiger partial charge is 0.324 e. The second kappa shape index (κ2) is 19.8. The second-order valence-corrected chi connectivity index (χ2v) is 19.1. The van der Waals surface area contributed by atoms with Crippen LogP contribution in [0, 0.1) is 29.6 Å². The van der Waals surface area contributed by atoms with Crippen molar-refractivity contribution in [2.75, 3.05) is 46.9 Å². The molecule has 5 atom stereocenters. The minimum Gasteiger partial charge on any atom is -0.508 e. The monoisotopic (exact) mass is 887 g/mol. The van der Waals surface area contributed by atoms with E-state index in [0.717, 1.165) is 44.5 Å². The standard InChI is InChI=1S/C51H65N7O7/c1-10-20-56-22-18-35(29-56)48(61)55(8)45(31(3)4)47(60)53-42-25-33-23-36(26-37(59)24-33)34-16-17-43-39(27-34)40(46(57(43)11-2)38-14-12-19-52-44(38)32(5)64-9)28-51(6,7)30-65-50(63)41-15-13-21-58(54-41)49(42)62/h1,12,14,16-17,19,23-24,26-27,31-32,35,41-42,45,54,59H,11,13,15,18,20-22,25,28-30H2,2-9H3,(H,53,60)/t32-,35-,41-,42-,45-/m0/s1. The minimum atomic E-state index is -1.13. The quantitative estimate of drug-likeness (QED) is 0.130. The van der Waals surface area contributed by atoms with Crippen LogP contribution in [0.25, 0.3) is 33.3 Å². The Labute approximate surface area is 383 Å². The molecule has 7 rings (SSSR count). The van der Waals surface area contributed by atoms with Crippen LogP contribution in [0.2, 0.25) is 0 Å². The lowest BCUT2D eigenvalue weighted by Crippen LogP contribution is -2.62. The van der Waals surface area contributed by atoms with E-state index in [1.165, 1.54) is 9.91 Å². The number of aryl methyl sites for hydroxylation is 1. The molecule has 4 aromatic rings. The second-order valence-electron chi connectivity index (χ2n) is 19.1. The van der Waals surface area contributed by atoms with Gasteiger partial charge in [-0.05, 0) is 111 Å². The number of fused-ring (bicyclic) bond motifs is 6. The first kappa shape index (κ1) is 47.2. The minimum absolute atomic E-state index is 0.00555. The van der Waals surface area contributed by atoms with E-state index in [4.69, 9.17) is 20.9 Å². The van der Waals surface area contributed by atoms with Crippen LogP contribution in [-0.2, 0) is 48.0 Å². The maximum atomic E-state index is 14.7. The van der Waals surface area contributed by atoms with Gasteiger partial charge < -0.3 is 29.4 Å². The fourth-order valence-corrected chi connectivity index (χ4v) is 9.98. The number of likely N-dealkylation sites (N-methyl/N-ethyl adjacent to an activating group) is 1. The molecule has 65 heavy (non-hydrogen) atoms. The summed E-state index contributed by atoms with van der Waals surface area (Å²) in [6, 6.07) is 12.7. The van der Waals surface area contributed by atoms with Crippen LogP contribution in [0.1, 0.15) is 83.7 Å². The number of carbonyl (C=O) groups excluding carboxylic acids is 4. The van der Waals surface area contributed by atoms with Crippen molar-refractivity contribution >= 4 is 34.6 Å². The summed E-state index contributed by atoms with van der Waals surface area (Å²) in [6.07, 6.45) is 9.23. The molecule has 3 aliphatic rings. The Hall–Kier alpha value is -5.75. The molecule has 0 aliphatic carbocycles. The Morgan fingerprint density at radius 2 is 1.89 bits per heavy atom. The number of phenols is 1. The zero-order valence-corrected chi connectivity index (χ0v) is 39.1. The zero-order chi connectivity index (χ0) is 46.7. The number of hydrogen-bond donors (Lipinski definition) is 3. The van der Waals surface area contributed by atoms with Crippen LogP contribution >= 0.6 is 0 Å². The number of nitrogens with one attached hydrogen (secondary N) is 2. The third-order valence-corrected chi connectivity index (χ3v) is 13.3. The number of nitrogens with zero attached hydrogens (tertiary/aromatic N) is 5. The summed E-state index contributed by atoms with van der Waals surface area (Å²) in [5, 5.41) is 16.8. The van der Waals surface area contributed by atoms with Crippen LogP contribution < -0.4 is 10.7 Å². The van der Waals surface area contributed by atoms with E-state index in [2.05, 4.69) is 65.1 Å². The number of carbonyl (C=O) groups is 4. The van der Waals surface area contributed by atoms with Crippen LogP contribution in [0.3, 0.4) is 0 Å². The summed E-state index contributed by atoms with van der Waals surface area (Å²) in [4.78, 5) is 65.4. The van der Waals surface area contributed by atoms with Crippen molar-refractivity contribution in [3.05, 3.63) is 71.5 Å². The molecular weight excluding hydrogens is 823 g/mol. The fourth-order valence-electron chi connectivity index (χ4n) is 9.98. The summed E-state index contributed by atoms with van der Waals surface area (Å²) >= 11 is 0. The average molecular weight is 888 g/mol. The number of methoxy groups -OCH3 is 1.